The summed E-state index contributed by atoms with van der Waals surface area (Å²) in [5.41, 5.74) is 0. The summed E-state index contributed by atoms with van der Waals surface area (Å²) in [6.07, 6.45) is 2.52. The number of carbonyl (C=O) groups excluding carboxylic acids is 1. The molecule has 0 aromatic carbocycles. The molecule has 0 atom stereocenters. The van der Waals surface area contributed by atoms with Crippen molar-refractivity contribution in [2.24, 2.45) is 5.92 Å². The van der Waals surface area contributed by atoms with E-state index in [1.807, 2.05) is 0 Å². The monoisotopic (exact) mass is 415 g/mol. The number of sulfonamides is 1. The normalized spacial score (nSPS) is 23.0. The minimum atomic E-state index is -3.57. The summed E-state index contributed by atoms with van der Waals surface area (Å²) in [5.74, 6) is -0.341. The van der Waals surface area contributed by atoms with Gasteiger partial charge in [0.05, 0.1) is 21.8 Å². The van der Waals surface area contributed by atoms with Crippen LogP contribution in [0, 0.1) is 5.92 Å². The molecule has 21 heavy (non-hydrogen) atoms. The number of nitrogens with one attached hydrogen (secondary N) is 1. The van der Waals surface area contributed by atoms with Gasteiger partial charge in [-0.3, -0.25) is 4.79 Å². The molecule has 5 nitrogen and oxygen atoms in total. The Morgan fingerprint density at radius 1 is 1.43 bits per heavy atom. The smallest absolute Gasteiger partial charge is 0.308 e. The first kappa shape index (κ1) is 17.2. The number of rotatable bonds is 4. The second-order valence-corrected chi connectivity index (χ2v) is 9.60. The van der Waals surface area contributed by atoms with Crippen molar-refractivity contribution in [1.29, 1.82) is 0 Å². The maximum atomic E-state index is 12.3. The molecule has 118 valence electrons. The predicted octanol–water partition coefficient (Wildman–Crippen LogP) is 3.17. The van der Waals surface area contributed by atoms with Gasteiger partial charge in [0.2, 0.25) is 10.0 Å². The number of esters is 1. The van der Waals surface area contributed by atoms with Gasteiger partial charge >= 0.3 is 5.97 Å². The van der Waals surface area contributed by atoms with Crippen LogP contribution in [-0.4, -0.2) is 27.5 Å². The van der Waals surface area contributed by atoms with Gasteiger partial charge in [-0.2, -0.15) is 0 Å². The molecule has 0 spiro atoms. The van der Waals surface area contributed by atoms with Crippen LogP contribution < -0.4 is 4.72 Å². The molecule has 2 rings (SSSR count). The predicted molar refractivity (Wildman–Crippen MR) is 85.1 cm³/mol. The van der Waals surface area contributed by atoms with E-state index in [1.54, 1.807) is 0 Å². The van der Waals surface area contributed by atoms with Crippen LogP contribution in [-0.2, 0) is 19.6 Å². The number of ether oxygens (including phenoxy) is 1. The molecule has 1 saturated carbocycles. The van der Waals surface area contributed by atoms with Crippen molar-refractivity contribution in [1.82, 2.24) is 4.72 Å². The first-order valence-electron chi connectivity index (χ1n) is 6.38. The fraction of sp³-hybridized carbons (Fsp3) is 0.583. The molecule has 1 aromatic rings. The SMILES string of the molecule is COC(=O)C1CCC(NS(=O)(=O)c2cc(Cl)c(Br)s2)CC1. The van der Waals surface area contributed by atoms with E-state index < -0.39 is 10.0 Å². The van der Waals surface area contributed by atoms with E-state index >= 15 is 0 Å². The fourth-order valence-electron chi connectivity index (χ4n) is 2.35. The third-order valence-corrected chi connectivity index (χ3v) is 7.94. The molecule has 1 aromatic heterocycles. The molecule has 0 radical (unpaired) electrons. The average molecular weight is 417 g/mol. The van der Waals surface area contributed by atoms with Crippen LogP contribution in [0.3, 0.4) is 0 Å². The van der Waals surface area contributed by atoms with Crippen molar-refractivity contribution in [3.05, 3.63) is 14.9 Å². The summed E-state index contributed by atoms with van der Waals surface area (Å²) in [6, 6.07) is 1.27. The Morgan fingerprint density at radius 3 is 2.52 bits per heavy atom. The van der Waals surface area contributed by atoms with E-state index in [4.69, 9.17) is 16.3 Å². The molecular formula is C12H15BrClNO4S2. The lowest BCUT2D eigenvalue weighted by Crippen LogP contribution is -2.38. The zero-order valence-electron chi connectivity index (χ0n) is 11.3. The van der Waals surface area contributed by atoms with Crippen molar-refractivity contribution in [3.8, 4) is 0 Å². The fourth-order valence-corrected chi connectivity index (χ4v) is 6.07. The molecule has 1 heterocycles. The number of methoxy groups -OCH3 is 1. The van der Waals surface area contributed by atoms with E-state index in [1.165, 1.54) is 13.2 Å². The van der Waals surface area contributed by atoms with Gasteiger partial charge in [-0.1, -0.05) is 11.6 Å². The Morgan fingerprint density at radius 2 is 2.05 bits per heavy atom. The second-order valence-electron chi connectivity index (χ2n) is 4.88. The second kappa shape index (κ2) is 6.95. The number of hydrogen-bond acceptors (Lipinski definition) is 5. The molecule has 0 amide bonds. The Hall–Kier alpha value is -0.150. The van der Waals surface area contributed by atoms with Crippen LogP contribution >= 0.6 is 38.9 Å². The van der Waals surface area contributed by atoms with Crippen LogP contribution in [0.1, 0.15) is 25.7 Å². The van der Waals surface area contributed by atoms with Gasteiger partial charge in [-0.15, -0.1) is 11.3 Å². The third-order valence-electron chi connectivity index (χ3n) is 3.47. The number of hydrogen-bond donors (Lipinski definition) is 1. The number of halogens is 2. The topological polar surface area (TPSA) is 72.5 Å². The molecule has 1 fully saturated rings. The van der Waals surface area contributed by atoms with Crippen LogP contribution in [0.15, 0.2) is 14.1 Å². The highest BCUT2D eigenvalue weighted by molar-refractivity contribution is 9.11. The highest BCUT2D eigenvalue weighted by Crippen LogP contribution is 2.35. The average Bonchev–Trinajstić information content (AvgIpc) is 2.79. The highest BCUT2D eigenvalue weighted by atomic mass is 79.9. The minimum Gasteiger partial charge on any atom is -0.469 e. The summed E-state index contributed by atoms with van der Waals surface area (Å²) < 4.78 is 32.7. The maximum absolute atomic E-state index is 12.3. The van der Waals surface area contributed by atoms with Crippen molar-refractivity contribution in [3.63, 3.8) is 0 Å². The molecule has 1 N–H and O–H groups in total. The van der Waals surface area contributed by atoms with E-state index in [9.17, 15) is 13.2 Å². The van der Waals surface area contributed by atoms with Gasteiger partial charge in [-0.05, 0) is 47.7 Å². The van der Waals surface area contributed by atoms with Gasteiger partial charge < -0.3 is 4.74 Å². The molecule has 0 aliphatic heterocycles. The lowest BCUT2D eigenvalue weighted by molar-refractivity contribution is -0.146. The van der Waals surface area contributed by atoms with Crippen molar-refractivity contribution >= 4 is 54.9 Å². The Labute approximate surface area is 141 Å². The molecule has 1 aliphatic carbocycles. The lowest BCUT2D eigenvalue weighted by Gasteiger charge is -2.27. The summed E-state index contributed by atoms with van der Waals surface area (Å²) >= 11 is 10.2. The van der Waals surface area contributed by atoms with Gasteiger partial charge in [-0.25, -0.2) is 13.1 Å². The highest BCUT2D eigenvalue weighted by Gasteiger charge is 2.30. The molecule has 9 heteroatoms. The van der Waals surface area contributed by atoms with E-state index in [0.29, 0.717) is 34.5 Å². The molecule has 0 unspecified atom stereocenters. The van der Waals surface area contributed by atoms with Crippen LogP contribution in [0.25, 0.3) is 0 Å². The van der Waals surface area contributed by atoms with Gasteiger partial charge in [0.25, 0.3) is 0 Å². The largest absolute Gasteiger partial charge is 0.469 e. The van der Waals surface area contributed by atoms with Crippen molar-refractivity contribution in [2.75, 3.05) is 7.11 Å². The third kappa shape index (κ3) is 4.19. The summed E-state index contributed by atoms with van der Waals surface area (Å²) in [6.45, 7) is 0. The molecule has 0 saturated heterocycles. The first-order chi connectivity index (χ1) is 9.83. The van der Waals surface area contributed by atoms with Gasteiger partial charge in [0, 0.05) is 6.04 Å². The summed E-state index contributed by atoms with van der Waals surface area (Å²) in [4.78, 5) is 11.4. The quantitative estimate of drug-likeness (QED) is 0.765. The Kier molecular flexibility index (Phi) is 5.70. The molecule has 0 bridgehead atoms. The van der Waals surface area contributed by atoms with Crippen molar-refractivity contribution in [2.45, 2.75) is 35.9 Å². The Balaban J connectivity index is 1.98. The standard InChI is InChI=1S/C12H15BrClNO4S2/c1-19-12(16)7-2-4-8(5-3-7)15-21(17,18)10-6-9(14)11(13)20-10/h6-8,15H,2-5H2,1H3. The van der Waals surface area contributed by atoms with Crippen LogP contribution in [0.5, 0.6) is 0 Å². The number of thiophene rings is 1. The van der Waals surface area contributed by atoms with Crippen LogP contribution in [0.2, 0.25) is 5.02 Å². The molecule has 1 aliphatic rings. The van der Waals surface area contributed by atoms with Gasteiger partial charge in [0.15, 0.2) is 0 Å². The van der Waals surface area contributed by atoms with E-state index in [0.717, 1.165) is 11.3 Å². The zero-order chi connectivity index (χ0) is 15.6. The van der Waals surface area contributed by atoms with Crippen molar-refractivity contribution < 1.29 is 17.9 Å². The minimum absolute atomic E-state index is 0.124. The van der Waals surface area contributed by atoms with E-state index in [-0.39, 0.29) is 22.1 Å². The van der Waals surface area contributed by atoms with E-state index in [2.05, 4.69) is 20.7 Å². The summed E-state index contributed by atoms with van der Waals surface area (Å²) in [7, 11) is -2.20. The Bertz CT molecular complexity index is 604. The maximum Gasteiger partial charge on any atom is 0.308 e. The lowest BCUT2D eigenvalue weighted by atomic mass is 9.86. The number of carbonyl (C=O) groups is 1. The van der Waals surface area contributed by atoms with Crippen LogP contribution in [0.4, 0.5) is 0 Å². The van der Waals surface area contributed by atoms with Gasteiger partial charge in [0.1, 0.15) is 4.21 Å². The molecular weight excluding hydrogens is 402 g/mol. The zero-order valence-corrected chi connectivity index (χ0v) is 15.2. The summed E-state index contributed by atoms with van der Waals surface area (Å²) in [5, 5.41) is 0.384. The first-order valence-corrected chi connectivity index (χ1v) is 9.85.